The van der Waals surface area contributed by atoms with Crippen molar-refractivity contribution in [2.24, 2.45) is 5.41 Å². The topological polar surface area (TPSA) is 384 Å². The number of nitrogen functional groups attached to an aromatic ring is 1. The first kappa shape index (κ1) is 65.8. The number of imidazole rings is 1. The van der Waals surface area contributed by atoms with Crippen LogP contribution in [0.3, 0.4) is 0 Å². The van der Waals surface area contributed by atoms with Crippen molar-refractivity contribution in [3.05, 3.63) is 12.7 Å². The summed E-state index contributed by atoms with van der Waals surface area (Å²) in [6.07, 6.45) is 17.3. The summed E-state index contributed by atoms with van der Waals surface area (Å²) < 4.78 is 62.5. The second kappa shape index (κ2) is 33.7. The smallest absolute Gasteiger partial charge is 0.393 e. The summed E-state index contributed by atoms with van der Waals surface area (Å²) in [5.41, 5.74) is 4.26. The second-order valence-corrected chi connectivity index (χ2v) is 24.7. The van der Waals surface area contributed by atoms with Crippen LogP contribution in [0.1, 0.15) is 168 Å². The van der Waals surface area contributed by atoms with Crippen molar-refractivity contribution in [1.29, 1.82) is 0 Å². The van der Waals surface area contributed by atoms with Gasteiger partial charge in [0.05, 0.1) is 25.6 Å². The summed E-state index contributed by atoms with van der Waals surface area (Å²) in [5, 5.41) is 36.7. The molecule has 8 atom stereocenters. The summed E-state index contributed by atoms with van der Waals surface area (Å²) in [5.74, 6) is -1.21. The molecule has 11 N–H and O–H groups in total. The normalized spacial score (nSPS) is 19.8. The number of nitrogens with two attached hydrogens (primary N) is 1. The quantitative estimate of drug-likeness (QED) is 0.0260. The number of nitrogens with zero attached hydrogens (tertiary/aromatic N) is 4. The number of carbonyl (C=O) groups excluding carboxylic acids is 3. The van der Waals surface area contributed by atoms with Gasteiger partial charge in [-0.15, -0.1) is 0 Å². The van der Waals surface area contributed by atoms with Crippen LogP contribution in [0.15, 0.2) is 12.7 Å². The van der Waals surface area contributed by atoms with E-state index in [1.165, 1.54) is 117 Å². The average molecular weight is 1130 g/mol. The van der Waals surface area contributed by atoms with Crippen LogP contribution in [-0.2, 0) is 50.7 Å². The van der Waals surface area contributed by atoms with Crippen molar-refractivity contribution in [3.63, 3.8) is 0 Å². The molecular weight excluding hydrogens is 1050 g/mol. The number of carbonyl (C=O) groups is 3. The molecule has 0 aliphatic carbocycles. The maximum absolute atomic E-state index is 12.8. The van der Waals surface area contributed by atoms with Gasteiger partial charge in [-0.2, -0.15) is 4.31 Å². The monoisotopic (exact) mass is 1130 g/mol. The van der Waals surface area contributed by atoms with Gasteiger partial charge in [0.2, 0.25) is 11.8 Å². The van der Waals surface area contributed by atoms with Crippen molar-refractivity contribution < 1.29 is 85.6 Å². The van der Waals surface area contributed by atoms with Crippen molar-refractivity contribution >= 4 is 69.1 Å². The highest BCUT2D eigenvalue weighted by Gasteiger charge is 2.50. The van der Waals surface area contributed by atoms with Crippen LogP contribution in [0, 0.1) is 5.41 Å². The maximum atomic E-state index is 12.8. The lowest BCUT2D eigenvalue weighted by atomic mass is 9.87. The van der Waals surface area contributed by atoms with Gasteiger partial charge in [-0.1, -0.05) is 155 Å². The molecule has 1 aliphatic heterocycles. The van der Waals surface area contributed by atoms with Crippen LogP contribution >= 0.6 is 35.2 Å². The van der Waals surface area contributed by atoms with E-state index in [2.05, 4.69) is 41.3 Å². The molecule has 0 bridgehead atoms. The third-order valence-corrected chi connectivity index (χ3v) is 16.3. The van der Waals surface area contributed by atoms with Crippen LogP contribution in [0.5, 0.6) is 0 Å². The van der Waals surface area contributed by atoms with Gasteiger partial charge in [-0.3, -0.25) is 32.5 Å². The first-order chi connectivity index (χ1) is 34.9. The van der Waals surface area contributed by atoms with Crippen molar-refractivity contribution in [3.8, 4) is 0 Å². The van der Waals surface area contributed by atoms with Gasteiger partial charge in [0.25, 0.3) is 0 Å². The molecule has 29 heteroatoms. The van der Waals surface area contributed by atoms with Crippen molar-refractivity contribution in [2.45, 2.75) is 199 Å². The SMILES string of the molecule is CCCCCCCCCCCCCCCCCCCCCC(O)CC(=O)SCCNC(=O)CCNC(=O)[C@H](O)C(C)(C)COP(=O)(O)OP(=O)(O)OC[C@H]1O[C@@H](n2cnc3c(N)ncnc32)[C@H](O)[C@@H]1OP(=O)(O)O. The second-order valence-electron chi connectivity index (χ2n) is 19.3. The predicted molar refractivity (Wildman–Crippen MR) is 276 cm³/mol. The molecule has 1 saturated heterocycles. The molecule has 426 valence electrons. The molecular formula is C45H82N7O18P3S. The van der Waals surface area contributed by atoms with Gasteiger partial charge in [0, 0.05) is 37.1 Å². The van der Waals surface area contributed by atoms with Gasteiger partial charge in [0.15, 0.2) is 22.8 Å². The number of hydrogen-bond acceptors (Lipinski definition) is 19. The van der Waals surface area contributed by atoms with Gasteiger partial charge < -0.3 is 56.0 Å². The summed E-state index contributed by atoms with van der Waals surface area (Å²) in [7, 11) is -16.4. The molecule has 0 aromatic carbocycles. The first-order valence-corrected chi connectivity index (χ1v) is 31.2. The van der Waals surface area contributed by atoms with Crippen LogP contribution < -0.4 is 16.4 Å². The number of ether oxygens (including phenoxy) is 1. The Morgan fingerprint density at radius 1 is 0.811 bits per heavy atom. The molecule has 1 fully saturated rings. The molecule has 0 radical (unpaired) electrons. The fourth-order valence-corrected chi connectivity index (χ4v) is 11.7. The van der Waals surface area contributed by atoms with E-state index < -0.39 is 90.7 Å². The minimum Gasteiger partial charge on any atom is -0.393 e. The highest BCUT2D eigenvalue weighted by atomic mass is 32.2. The summed E-state index contributed by atoms with van der Waals surface area (Å²) in [6.45, 7) is 2.67. The van der Waals surface area contributed by atoms with Crippen molar-refractivity contribution in [2.75, 3.05) is 37.8 Å². The number of amides is 2. The Hall–Kier alpha value is -2.48. The molecule has 2 aromatic rings. The maximum Gasteiger partial charge on any atom is 0.481 e. The van der Waals surface area contributed by atoms with E-state index in [1.807, 2.05) is 0 Å². The molecule has 25 nitrogen and oxygen atoms in total. The molecule has 2 amide bonds. The van der Waals surface area contributed by atoms with Crippen LogP contribution in [0.25, 0.3) is 11.2 Å². The van der Waals surface area contributed by atoms with E-state index in [4.69, 9.17) is 19.5 Å². The molecule has 2 aromatic heterocycles. The number of fused-ring (bicyclic) bond motifs is 1. The minimum atomic E-state index is -5.59. The lowest BCUT2D eigenvalue weighted by Gasteiger charge is -2.30. The Bertz CT molecular complexity index is 2140. The molecule has 3 unspecified atom stereocenters. The largest absolute Gasteiger partial charge is 0.481 e. The van der Waals surface area contributed by atoms with Gasteiger partial charge in [-0.25, -0.2) is 28.6 Å². The van der Waals surface area contributed by atoms with E-state index in [-0.39, 0.29) is 53.8 Å². The van der Waals surface area contributed by atoms with Crippen LogP contribution in [0.4, 0.5) is 5.82 Å². The summed E-state index contributed by atoms with van der Waals surface area (Å²) in [6, 6.07) is 0. The number of phosphoric ester groups is 3. The number of rotatable bonds is 41. The molecule has 74 heavy (non-hydrogen) atoms. The summed E-state index contributed by atoms with van der Waals surface area (Å²) in [4.78, 5) is 88.7. The zero-order chi connectivity index (χ0) is 54.8. The van der Waals surface area contributed by atoms with Gasteiger partial charge in [-0.05, 0) is 6.42 Å². The Kier molecular flexibility index (Phi) is 30.0. The van der Waals surface area contributed by atoms with Crippen molar-refractivity contribution in [1.82, 2.24) is 30.2 Å². The number of phosphoric acid groups is 3. The number of unbranched alkanes of at least 4 members (excludes halogenated alkanes) is 18. The highest BCUT2D eigenvalue weighted by Crippen LogP contribution is 2.61. The number of thioether (sulfide) groups is 1. The average Bonchev–Trinajstić information content (AvgIpc) is 3.89. The van der Waals surface area contributed by atoms with E-state index in [9.17, 15) is 63.0 Å². The Balaban J connectivity index is 1.24. The van der Waals surface area contributed by atoms with E-state index in [1.54, 1.807) is 0 Å². The van der Waals surface area contributed by atoms with Gasteiger partial charge in [0.1, 0.15) is 36.3 Å². The van der Waals surface area contributed by atoms with Crippen LogP contribution in [-0.4, -0.2) is 134 Å². The van der Waals surface area contributed by atoms with Crippen LogP contribution in [0.2, 0.25) is 0 Å². The highest BCUT2D eigenvalue weighted by molar-refractivity contribution is 8.13. The molecule has 0 spiro atoms. The molecule has 3 heterocycles. The lowest BCUT2D eigenvalue weighted by Crippen LogP contribution is -2.46. The number of nitrogens with one attached hydrogen (secondary N) is 2. The molecule has 3 rings (SSSR count). The minimum absolute atomic E-state index is 0.0273. The zero-order valence-corrected chi connectivity index (χ0v) is 46.4. The summed E-state index contributed by atoms with van der Waals surface area (Å²) >= 11 is 1.01. The Morgan fingerprint density at radius 3 is 1.93 bits per heavy atom. The third kappa shape index (κ3) is 25.8. The fourth-order valence-electron chi connectivity index (χ4n) is 8.11. The first-order valence-electron chi connectivity index (χ1n) is 25.7. The Morgan fingerprint density at radius 2 is 1.36 bits per heavy atom. The predicted octanol–water partition coefficient (Wildman–Crippen LogP) is 6.24. The lowest BCUT2D eigenvalue weighted by molar-refractivity contribution is -0.137. The Labute approximate surface area is 438 Å². The number of aromatic nitrogens is 4. The van der Waals surface area contributed by atoms with E-state index in [0.29, 0.717) is 6.42 Å². The number of aliphatic hydroxyl groups excluding tert-OH is 3. The number of hydrogen-bond donors (Lipinski definition) is 10. The van der Waals surface area contributed by atoms with Gasteiger partial charge >= 0.3 is 23.5 Å². The third-order valence-electron chi connectivity index (χ3n) is 12.3. The molecule has 1 aliphatic rings. The molecule has 0 saturated carbocycles. The zero-order valence-electron chi connectivity index (χ0n) is 42.9. The number of aliphatic hydroxyl groups is 3. The number of anilines is 1. The van der Waals surface area contributed by atoms with E-state index in [0.717, 1.165) is 48.2 Å². The standard InChI is InChI=1S/C45H82N7O18P3S/c1-4-5-6-7-8-9-10-11-12-13-14-15-16-17-18-19-20-21-22-23-33(53)28-36(55)74-27-26-47-35(54)24-25-48-43(58)40(57)45(2,3)30-67-73(64,65)70-72(62,63)66-29-34-39(69-71(59,60)61)38(56)44(68-34)52-32-51-37-41(46)49-31-50-42(37)52/h31-34,38-40,44,53,56-57H,4-30H2,1-3H3,(H,47,54)(H,48,58)(H,62,63)(H,64,65)(H2,46,49,50)(H2,59,60,61)/t33?,34-,38-,39-,40+,44-/m1/s1. The van der Waals surface area contributed by atoms with E-state index >= 15 is 0 Å². The fraction of sp³-hybridized carbons (Fsp3) is 0.822.